The van der Waals surface area contributed by atoms with Crippen LogP contribution in [0.15, 0.2) is 0 Å². The van der Waals surface area contributed by atoms with Crippen molar-refractivity contribution in [2.45, 2.75) is 38.3 Å². The van der Waals surface area contributed by atoms with E-state index in [4.69, 9.17) is 5.73 Å². The van der Waals surface area contributed by atoms with Crippen molar-refractivity contribution in [1.29, 1.82) is 0 Å². The van der Waals surface area contributed by atoms with E-state index in [2.05, 4.69) is 12.2 Å². The summed E-state index contributed by atoms with van der Waals surface area (Å²) < 4.78 is 0. The Kier molecular flexibility index (Phi) is 2.49. The molecule has 0 aromatic heterocycles. The monoisotopic (exact) mass is 128 g/mol. The molecule has 2 nitrogen and oxygen atoms in total. The summed E-state index contributed by atoms with van der Waals surface area (Å²) in [6.45, 7) is 3.32. The van der Waals surface area contributed by atoms with Gasteiger partial charge in [-0.3, -0.25) is 0 Å². The average Bonchev–Trinajstić information content (AvgIpc) is 2.18. The summed E-state index contributed by atoms with van der Waals surface area (Å²) in [6, 6.07) is 1.03. The van der Waals surface area contributed by atoms with Gasteiger partial charge in [0.1, 0.15) is 0 Å². The van der Waals surface area contributed by atoms with Gasteiger partial charge in [-0.2, -0.15) is 0 Å². The van der Waals surface area contributed by atoms with Crippen LogP contribution in [0.2, 0.25) is 0 Å². The van der Waals surface area contributed by atoms with E-state index in [0.29, 0.717) is 12.1 Å². The molecule has 1 heterocycles. The second kappa shape index (κ2) is 3.18. The van der Waals surface area contributed by atoms with Crippen molar-refractivity contribution in [3.05, 3.63) is 0 Å². The van der Waals surface area contributed by atoms with Crippen molar-refractivity contribution in [2.24, 2.45) is 5.73 Å². The zero-order valence-electron chi connectivity index (χ0n) is 6.06. The molecule has 9 heavy (non-hydrogen) atoms. The van der Waals surface area contributed by atoms with Gasteiger partial charge in [0.05, 0.1) is 0 Å². The molecular formula is C7H16N2. The molecular weight excluding hydrogens is 112 g/mol. The van der Waals surface area contributed by atoms with Crippen molar-refractivity contribution in [3.63, 3.8) is 0 Å². The average molecular weight is 128 g/mol. The lowest BCUT2D eigenvalue weighted by molar-refractivity contribution is 0.500. The summed E-state index contributed by atoms with van der Waals surface area (Å²) in [7, 11) is 0. The van der Waals surface area contributed by atoms with Gasteiger partial charge in [-0.25, -0.2) is 0 Å². The number of hydrogen-bond donors (Lipinski definition) is 2. The second-order valence-corrected chi connectivity index (χ2v) is 2.80. The van der Waals surface area contributed by atoms with Gasteiger partial charge in [0.25, 0.3) is 0 Å². The van der Waals surface area contributed by atoms with Gasteiger partial charge in [-0.15, -0.1) is 0 Å². The minimum Gasteiger partial charge on any atom is -0.326 e. The van der Waals surface area contributed by atoms with Crippen LogP contribution in [0.1, 0.15) is 26.2 Å². The van der Waals surface area contributed by atoms with Crippen molar-refractivity contribution >= 4 is 0 Å². The molecule has 2 heteroatoms. The zero-order valence-corrected chi connectivity index (χ0v) is 6.06. The fourth-order valence-corrected chi connectivity index (χ4v) is 1.42. The fourth-order valence-electron chi connectivity index (χ4n) is 1.42. The fraction of sp³-hybridized carbons (Fsp3) is 1.00. The van der Waals surface area contributed by atoms with Crippen LogP contribution >= 0.6 is 0 Å². The predicted molar refractivity (Wildman–Crippen MR) is 39.3 cm³/mol. The molecule has 0 radical (unpaired) electrons. The van der Waals surface area contributed by atoms with E-state index < -0.39 is 0 Å². The summed E-state index contributed by atoms with van der Waals surface area (Å²) in [5.74, 6) is 0. The van der Waals surface area contributed by atoms with E-state index in [9.17, 15) is 0 Å². The number of rotatable bonds is 2. The van der Waals surface area contributed by atoms with Crippen LogP contribution in [0.25, 0.3) is 0 Å². The van der Waals surface area contributed by atoms with Gasteiger partial charge in [0.2, 0.25) is 0 Å². The molecule has 0 aromatic rings. The molecule has 1 rings (SSSR count). The maximum atomic E-state index is 5.80. The van der Waals surface area contributed by atoms with Crippen molar-refractivity contribution in [3.8, 4) is 0 Å². The van der Waals surface area contributed by atoms with Gasteiger partial charge >= 0.3 is 0 Å². The first-order valence-electron chi connectivity index (χ1n) is 3.83. The Hall–Kier alpha value is -0.0800. The molecule has 0 aromatic carbocycles. The molecule has 0 spiro atoms. The predicted octanol–water partition coefficient (Wildman–Crippen LogP) is 0.476. The summed E-state index contributed by atoms with van der Waals surface area (Å²) in [6.07, 6.45) is 3.64. The topological polar surface area (TPSA) is 38.0 Å². The van der Waals surface area contributed by atoms with Crippen LogP contribution in [-0.2, 0) is 0 Å². The standard InChI is InChI=1S/C7H16N2/c1-2-3-7-6(8)4-5-9-7/h6-7,9H,2-5,8H2,1H3. The van der Waals surface area contributed by atoms with Crippen LogP contribution < -0.4 is 11.1 Å². The maximum absolute atomic E-state index is 5.80. The molecule has 1 fully saturated rings. The summed E-state index contributed by atoms with van der Waals surface area (Å²) >= 11 is 0. The van der Waals surface area contributed by atoms with Crippen LogP contribution in [0.4, 0.5) is 0 Å². The SMILES string of the molecule is CCCC1NCCC1N. The highest BCUT2D eigenvalue weighted by molar-refractivity contribution is 4.85. The second-order valence-electron chi connectivity index (χ2n) is 2.80. The third-order valence-corrected chi connectivity index (χ3v) is 2.00. The van der Waals surface area contributed by atoms with Gasteiger partial charge in [0.15, 0.2) is 0 Å². The molecule has 0 amide bonds. The third kappa shape index (κ3) is 1.66. The Bertz CT molecular complexity index is 83.0. The smallest absolute Gasteiger partial charge is 0.0219 e. The van der Waals surface area contributed by atoms with Crippen LogP contribution in [-0.4, -0.2) is 18.6 Å². The molecule has 0 aliphatic carbocycles. The summed E-state index contributed by atoms with van der Waals surface area (Å²) in [5, 5.41) is 3.38. The lowest BCUT2D eigenvalue weighted by Crippen LogP contribution is -2.35. The molecule has 54 valence electrons. The van der Waals surface area contributed by atoms with Crippen LogP contribution in [0, 0.1) is 0 Å². The molecule has 1 aliphatic heterocycles. The van der Waals surface area contributed by atoms with Crippen LogP contribution in [0.3, 0.4) is 0 Å². The Morgan fingerprint density at radius 1 is 1.67 bits per heavy atom. The number of nitrogens with two attached hydrogens (primary N) is 1. The lowest BCUT2D eigenvalue weighted by Gasteiger charge is -2.13. The van der Waals surface area contributed by atoms with E-state index in [1.807, 2.05) is 0 Å². The highest BCUT2D eigenvalue weighted by atomic mass is 15.0. The zero-order chi connectivity index (χ0) is 6.69. The van der Waals surface area contributed by atoms with E-state index in [1.54, 1.807) is 0 Å². The van der Waals surface area contributed by atoms with E-state index >= 15 is 0 Å². The van der Waals surface area contributed by atoms with Gasteiger partial charge in [-0.05, 0) is 19.4 Å². The largest absolute Gasteiger partial charge is 0.326 e. The van der Waals surface area contributed by atoms with Gasteiger partial charge < -0.3 is 11.1 Å². The first-order valence-corrected chi connectivity index (χ1v) is 3.83. The van der Waals surface area contributed by atoms with Crippen molar-refractivity contribution < 1.29 is 0 Å². The lowest BCUT2D eigenvalue weighted by atomic mass is 10.1. The molecule has 1 aliphatic rings. The molecule has 0 bridgehead atoms. The summed E-state index contributed by atoms with van der Waals surface area (Å²) in [4.78, 5) is 0. The highest BCUT2D eigenvalue weighted by Crippen LogP contribution is 2.08. The van der Waals surface area contributed by atoms with Gasteiger partial charge in [-0.1, -0.05) is 13.3 Å². The Balaban J connectivity index is 2.22. The Morgan fingerprint density at radius 3 is 2.89 bits per heavy atom. The van der Waals surface area contributed by atoms with Crippen LogP contribution in [0.5, 0.6) is 0 Å². The molecule has 3 N–H and O–H groups in total. The Morgan fingerprint density at radius 2 is 2.44 bits per heavy atom. The van der Waals surface area contributed by atoms with Crippen molar-refractivity contribution in [1.82, 2.24) is 5.32 Å². The quantitative estimate of drug-likeness (QED) is 0.567. The van der Waals surface area contributed by atoms with E-state index in [-0.39, 0.29) is 0 Å². The normalized spacial score (nSPS) is 35.3. The Labute approximate surface area is 56.8 Å². The first kappa shape index (κ1) is 7.03. The maximum Gasteiger partial charge on any atom is 0.0219 e. The molecule has 2 unspecified atom stereocenters. The molecule has 1 saturated heterocycles. The highest BCUT2D eigenvalue weighted by Gasteiger charge is 2.21. The van der Waals surface area contributed by atoms with Crippen molar-refractivity contribution in [2.75, 3.05) is 6.54 Å². The third-order valence-electron chi connectivity index (χ3n) is 2.00. The summed E-state index contributed by atoms with van der Waals surface area (Å²) in [5.41, 5.74) is 5.80. The van der Waals surface area contributed by atoms with E-state index in [1.165, 1.54) is 12.8 Å². The number of hydrogen-bond acceptors (Lipinski definition) is 2. The van der Waals surface area contributed by atoms with Gasteiger partial charge in [0, 0.05) is 12.1 Å². The number of nitrogens with one attached hydrogen (secondary N) is 1. The molecule has 0 saturated carbocycles. The van der Waals surface area contributed by atoms with E-state index in [0.717, 1.165) is 13.0 Å². The first-order chi connectivity index (χ1) is 4.34. The minimum atomic E-state index is 0.421. The minimum absolute atomic E-state index is 0.421. The molecule has 2 atom stereocenters.